The molecule has 1 aliphatic rings. The summed E-state index contributed by atoms with van der Waals surface area (Å²) in [6, 6.07) is 1.74. The number of aromatic nitrogens is 1. The molecule has 1 aromatic rings. The summed E-state index contributed by atoms with van der Waals surface area (Å²) in [5.74, 6) is -0.733. The van der Waals surface area contributed by atoms with Crippen LogP contribution in [0.2, 0.25) is 0 Å². The molecule has 0 saturated heterocycles. The van der Waals surface area contributed by atoms with Crippen LogP contribution in [0.15, 0.2) is 11.8 Å². The Morgan fingerprint density at radius 1 is 1.44 bits per heavy atom. The van der Waals surface area contributed by atoms with Gasteiger partial charge in [-0.2, -0.15) is 5.26 Å². The van der Waals surface area contributed by atoms with Crippen LogP contribution in [-0.4, -0.2) is 10.9 Å². The predicted octanol–water partition coefficient (Wildman–Crippen LogP) is 1.72. The monoisotopic (exact) mass is 262 g/mol. The van der Waals surface area contributed by atoms with E-state index in [-0.39, 0.29) is 5.57 Å². The van der Waals surface area contributed by atoms with E-state index < -0.39 is 5.91 Å². The standard InChI is InChI=1S/C12H14N4OS/c13-6-8(11(14)17)7-15-12-16-9-4-2-1-3-5-10(9)18-12/h7H,1-5H2,(H2,14,17)(H,15,16)/b8-7+. The molecule has 0 saturated carbocycles. The molecule has 1 aromatic heterocycles. The molecule has 0 bridgehead atoms. The summed E-state index contributed by atoms with van der Waals surface area (Å²) in [4.78, 5) is 16.7. The van der Waals surface area contributed by atoms with Gasteiger partial charge in [0, 0.05) is 11.1 Å². The number of aryl methyl sites for hydroxylation is 2. The highest BCUT2D eigenvalue weighted by atomic mass is 32.1. The van der Waals surface area contributed by atoms with Crippen molar-refractivity contribution in [3.63, 3.8) is 0 Å². The number of thiazole rings is 1. The average Bonchev–Trinajstić information content (AvgIpc) is 2.60. The Bertz CT molecular complexity index is 503. The molecule has 5 nitrogen and oxygen atoms in total. The van der Waals surface area contributed by atoms with Crippen molar-refractivity contribution in [2.24, 2.45) is 5.73 Å². The van der Waals surface area contributed by atoms with Crippen molar-refractivity contribution >= 4 is 22.4 Å². The zero-order valence-electron chi connectivity index (χ0n) is 9.90. The zero-order chi connectivity index (χ0) is 13.0. The van der Waals surface area contributed by atoms with E-state index in [9.17, 15) is 4.79 Å². The zero-order valence-corrected chi connectivity index (χ0v) is 10.7. The smallest absolute Gasteiger partial charge is 0.260 e. The Labute approximate surface area is 109 Å². The first-order valence-corrected chi connectivity index (χ1v) is 6.67. The van der Waals surface area contributed by atoms with Crippen LogP contribution in [0.4, 0.5) is 5.13 Å². The second kappa shape index (κ2) is 5.65. The van der Waals surface area contributed by atoms with E-state index in [0.717, 1.165) is 23.7 Å². The lowest BCUT2D eigenvalue weighted by atomic mass is 10.2. The molecular formula is C12H14N4OS. The summed E-state index contributed by atoms with van der Waals surface area (Å²) in [6.07, 6.45) is 7.04. The highest BCUT2D eigenvalue weighted by Gasteiger charge is 2.13. The molecule has 0 atom stereocenters. The molecule has 0 unspecified atom stereocenters. The molecule has 1 heterocycles. The number of nitrogens with two attached hydrogens (primary N) is 1. The topological polar surface area (TPSA) is 91.8 Å². The van der Waals surface area contributed by atoms with Crippen molar-refractivity contribution in [1.29, 1.82) is 5.26 Å². The van der Waals surface area contributed by atoms with Crippen molar-refractivity contribution in [1.82, 2.24) is 4.98 Å². The number of nitrogens with zero attached hydrogens (tertiary/aromatic N) is 2. The highest BCUT2D eigenvalue weighted by Crippen LogP contribution is 2.28. The van der Waals surface area contributed by atoms with Gasteiger partial charge < -0.3 is 11.1 Å². The third kappa shape index (κ3) is 2.87. The van der Waals surface area contributed by atoms with Crippen molar-refractivity contribution in [3.05, 3.63) is 22.3 Å². The average molecular weight is 262 g/mol. The van der Waals surface area contributed by atoms with Gasteiger partial charge in [0.1, 0.15) is 11.6 Å². The van der Waals surface area contributed by atoms with Gasteiger partial charge in [0.25, 0.3) is 5.91 Å². The maximum absolute atomic E-state index is 10.9. The van der Waals surface area contributed by atoms with Crippen LogP contribution in [0, 0.1) is 11.3 Å². The van der Waals surface area contributed by atoms with Gasteiger partial charge in [-0.05, 0) is 25.7 Å². The normalized spacial score (nSPS) is 15.4. The number of nitriles is 1. The number of primary amides is 1. The molecule has 1 amide bonds. The molecule has 0 aromatic carbocycles. The molecule has 0 radical (unpaired) electrons. The van der Waals surface area contributed by atoms with Crippen LogP contribution in [0.25, 0.3) is 0 Å². The quantitative estimate of drug-likeness (QED) is 0.493. The highest BCUT2D eigenvalue weighted by molar-refractivity contribution is 7.15. The van der Waals surface area contributed by atoms with Crippen molar-refractivity contribution in [2.45, 2.75) is 32.1 Å². The lowest BCUT2D eigenvalue weighted by Gasteiger charge is -1.95. The first kappa shape index (κ1) is 12.6. The Morgan fingerprint density at radius 3 is 2.94 bits per heavy atom. The lowest BCUT2D eigenvalue weighted by Crippen LogP contribution is -2.13. The number of carbonyl (C=O) groups is 1. The van der Waals surface area contributed by atoms with Gasteiger partial charge in [0.2, 0.25) is 0 Å². The summed E-state index contributed by atoms with van der Waals surface area (Å²) >= 11 is 1.58. The SMILES string of the molecule is N#C/C(=C\Nc1nc2c(s1)CCCCC2)C(N)=O. The van der Waals surface area contributed by atoms with Gasteiger partial charge >= 0.3 is 0 Å². The molecule has 1 aliphatic carbocycles. The van der Waals surface area contributed by atoms with E-state index in [1.165, 1.54) is 30.3 Å². The van der Waals surface area contributed by atoms with E-state index in [0.29, 0.717) is 0 Å². The first-order chi connectivity index (χ1) is 8.70. The number of carbonyl (C=O) groups excluding carboxylic acids is 1. The van der Waals surface area contributed by atoms with Crippen LogP contribution < -0.4 is 11.1 Å². The van der Waals surface area contributed by atoms with Crippen molar-refractivity contribution in [3.8, 4) is 6.07 Å². The first-order valence-electron chi connectivity index (χ1n) is 5.86. The number of fused-ring (bicyclic) bond motifs is 1. The van der Waals surface area contributed by atoms with Gasteiger partial charge in [0.05, 0.1) is 5.69 Å². The van der Waals surface area contributed by atoms with E-state index >= 15 is 0 Å². The Morgan fingerprint density at radius 2 is 2.22 bits per heavy atom. The van der Waals surface area contributed by atoms with E-state index in [4.69, 9.17) is 11.0 Å². The largest absolute Gasteiger partial charge is 0.365 e. The fourth-order valence-electron chi connectivity index (χ4n) is 1.88. The molecule has 0 aliphatic heterocycles. The number of rotatable bonds is 3. The van der Waals surface area contributed by atoms with Gasteiger partial charge in [-0.1, -0.05) is 6.42 Å². The maximum Gasteiger partial charge on any atom is 0.260 e. The molecule has 3 N–H and O–H groups in total. The van der Waals surface area contributed by atoms with Gasteiger partial charge in [-0.15, -0.1) is 11.3 Å². The van der Waals surface area contributed by atoms with Crippen LogP contribution >= 0.6 is 11.3 Å². The van der Waals surface area contributed by atoms with Crippen molar-refractivity contribution in [2.75, 3.05) is 5.32 Å². The Hall–Kier alpha value is -1.87. The third-order valence-corrected chi connectivity index (χ3v) is 3.91. The minimum Gasteiger partial charge on any atom is -0.365 e. The summed E-state index contributed by atoms with van der Waals surface area (Å²) in [5, 5.41) is 12.3. The van der Waals surface area contributed by atoms with Crippen molar-refractivity contribution < 1.29 is 4.79 Å². The molecular weight excluding hydrogens is 248 g/mol. The van der Waals surface area contributed by atoms with E-state index in [2.05, 4.69) is 10.3 Å². The van der Waals surface area contributed by atoms with E-state index in [1.807, 2.05) is 0 Å². The fraction of sp³-hybridized carbons (Fsp3) is 0.417. The second-order valence-electron chi connectivity index (χ2n) is 4.13. The molecule has 6 heteroatoms. The number of nitrogens with one attached hydrogen (secondary N) is 1. The second-order valence-corrected chi connectivity index (χ2v) is 5.21. The minimum atomic E-state index is -0.733. The third-order valence-electron chi connectivity index (χ3n) is 2.82. The summed E-state index contributed by atoms with van der Waals surface area (Å²) in [6.45, 7) is 0. The number of amides is 1. The lowest BCUT2D eigenvalue weighted by molar-refractivity contribution is -0.114. The fourth-order valence-corrected chi connectivity index (χ4v) is 2.90. The van der Waals surface area contributed by atoms with Crippen LogP contribution in [0.3, 0.4) is 0 Å². The number of anilines is 1. The van der Waals surface area contributed by atoms with Crippen LogP contribution in [0.5, 0.6) is 0 Å². The van der Waals surface area contributed by atoms with Crippen LogP contribution in [-0.2, 0) is 17.6 Å². The van der Waals surface area contributed by atoms with E-state index in [1.54, 1.807) is 17.4 Å². The molecule has 94 valence electrons. The molecule has 18 heavy (non-hydrogen) atoms. The number of hydrogen-bond donors (Lipinski definition) is 2. The Balaban J connectivity index is 2.12. The molecule has 0 spiro atoms. The van der Waals surface area contributed by atoms with Gasteiger partial charge in [0.15, 0.2) is 5.13 Å². The number of hydrogen-bond acceptors (Lipinski definition) is 5. The Kier molecular flexibility index (Phi) is 3.95. The summed E-state index contributed by atoms with van der Waals surface area (Å²) in [5.41, 5.74) is 6.09. The van der Waals surface area contributed by atoms with Crippen LogP contribution in [0.1, 0.15) is 29.8 Å². The minimum absolute atomic E-state index is 0.0969. The summed E-state index contributed by atoms with van der Waals surface area (Å²) < 4.78 is 0. The van der Waals surface area contributed by atoms with Gasteiger partial charge in [-0.3, -0.25) is 4.79 Å². The van der Waals surface area contributed by atoms with Gasteiger partial charge in [-0.25, -0.2) is 4.98 Å². The molecule has 2 rings (SSSR count). The summed E-state index contributed by atoms with van der Waals surface area (Å²) in [7, 11) is 0. The maximum atomic E-state index is 10.9. The molecule has 0 fully saturated rings. The predicted molar refractivity (Wildman–Crippen MR) is 69.9 cm³/mol.